The first-order valence-corrected chi connectivity index (χ1v) is 8.82. The van der Waals surface area contributed by atoms with Gasteiger partial charge in [-0.1, -0.05) is 17.8 Å². The SMILES string of the molecule is O=[N+]([O-])c1cc(CNCC(c2ccco2)N2CCCCC2)cs1. The highest BCUT2D eigenvalue weighted by atomic mass is 32.1. The molecule has 3 rings (SSSR count). The van der Waals surface area contributed by atoms with Crippen LogP contribution in [0.2, 0.25) is 0 Å². The van der Waals surface area contributed by atoms with E-state index in [2.05, 4.69) is 10.2 Å². The number of piperidine rings is 1. The molecule has 3 heterocycles. The number of nitrogens with one attached hydrogen (secondary N) is 1. The number of likely N-dealkylation sites (tertiary alicyclic amines) is 1. The van der Waals surface area contributed by atoms with Crippen LogP contribution in [-0.2, 0) is 6.54 Å². The van der Waals surface area contributed by atoms with E-state index in [0.717, 1.165) is 31.0 Å². The number of hydrogen-bond acceptors (Lipinski definition) is 6. The van der Waals surface area contributed by atoms with Gasteiger partial charge in [0.2, 0.25) is 0 Å². The molecule has 1 unspecified atom stereocenters. The molecule has 124 valence electrons. The molecule has 0 aliphatic carbocycles. The lowest BCUT2D eigenvalue weighted by molar-refractivity contribution is -0.380. The van der Waals surface area contributed by atoms with Crippen molar-refractivity contribution in [3.05, 3.63) is 51.3 Å². The third-order valence-corrected chi connectivity index (χ3v) is 5.12. The summed E-state index contributed by atoms with van der Waals surface area (Å²) in [4.78, 5) is 12.9. The molecule has 6 nitrogen and oxygen atoms in total. The second-order valence-corrected chi connectivity index (χ2v) is 6.70. The molecule has 1 aliphatic heterocycles. The van der Waals surface area contributed by atoms with Crippen LogP contribution in [0, 0.1) is 10.1 Å². The van der Waals surface area contributed by atoms with E-state index in [4.69, 9.17) is 4.42 Å². The number of hydrogen-bond donors (Lipinski definition) is 1. The van der Waals surface area contributed by atoms with E-state index >= 15 is 0 Å². The number of furan rings is 1. The quantitative estimate of drug-likeness (QED) is 0.619. The Kier molecular flexibility index (Phi) is 5.43. The Morgan fingerprint density at radius 3 is 2.87 bits per heavy atom. The average molecular weight is 335 g/mol. The van der Waals surface area contributed by atoms with Crippen molar-refractivity contribution < 1.29 is 9.34 Å². The summed E-state index contributed by atoms with van der Waals surface area (Å²) in [5.41, 5.74) is 0.957. The van der Waals surface area contributed by atoms with Gasteiger partial charge < -0.3 is 9.73 Å². The van der Waals surface area contributed by atoms with Crippen molar-refractivity contribution in [2.45, 2.75) is 31.8 Å². The highest BCUT2D eigenvalue weighted by molar-refractivity contribution is 7.13. The van der Waals surface area contributed by atoms with E-state index in [1.807, 2.05) is 17.5 Å². The second-order valence-electron chi connectivity index (χ2n) is 5.81. The first-order chi connectivity index (χ1) is 11.2. The highest BCUT2D eigenvalue weighted by Crippen LogP contribution is 2.25. The van der Waals surface area contributed by atoms with E-state index in [9.17, 15) is 10.1 Å². The van der Waals surface area contributed by atoms with Gasteiger partial charge in [-0.15, -0.1) is 0 Å². The standard InChI is InChI=1S/C16H21N3O3S/c20-19(21)16-9-13(12-23-16)10-17-11-14(15-5-4-8-22-15)18-6-2-1-3-7-18/h4-5,8-9,12,14,17H,1-3,6-7,10-11H2. The van der Waals surface area contributed by atoms with Gasteiger partial charge in [-0.25, -0.2) is 0 Å². The van der Waals surface area contributed by atoms with Gasteiger partial charge in [0, 0.05) is 24.5 Å². The van der Waals surface area contributed by atoms with Gasteiger partial charge in [-0.3, -0.25) is 15.0 Å². The van der Waals surface area contributed by atoms with Crippen LogP contribution < -0.4 is 5.32 Å². The fraction of sp³-hybridized carbons (Fsp3) is 0.500. The van der Waals surface area contributed by atoms with Crippen molar-refractivity contribution in [2.24, 2.45) is 0 Å². The molecule has 0 saturated carbocycles. The van der Waals surface area contributed by atoms with Gasteiger partial charge in [0.15, 0.2) is 0 Å². The lowest BCUT2D eigenvalue weighted by Gasteiger charge is -2.33. The van der Waals surface area contributed by atoms with Crippen molar-refractivity contribution in [3.8, 4) is 0 Å². The fourth-order valence-electron chi connectivity index (χ4n) is 3.02. The molecule has 23 heavy (non-hydrogen) atoms. The molecular weight excluding hydrogens is 314 g/mol. The Labute approximate surface area is 139 Å². The Bertz CT molecular complexity index is 620. The number of rotatable bonds is 7. The topological polar surface area (TPSA) is 71.5 Å². The van der Waals surface area contributed by atoms with Gasteiger partial charge in [0.05, 0.1) is 17.2 Å². The summed E-state index contributed by atoms with van der Waals surface area (Å²) in [7, 11) is 0. The monoisotopic (exact) mass is 335 g/mol. The minimum absolute atomic E-state index is 0.195. The van der Waals surface area contributed by atoms with Crippen LogP contribution >= 0.6 is 11.3 Å². The van der Waals surface area contributed by atoms with Gasteiger partial charge in [0.1, 0.15) is 5.76 Å². The van der Waals surface area contributed by atoms with Gasteiger partial charge in [0.25, 0.3) is 0 Å². The minimum atomic E-state index is -0.340. The van der Waals surface area contributed by atoms with Gasteiger partial charge in [-0.2, -0.15) is 0 Å². The molecule has 1 saturated heterocycles. The normalized spacial score (nSPS) is 17.2. The van der Waals surface area contributed by atoms with Crippen LogP contribution in [0.5, 0.6) is 0 Å². The molecule has 2 aromatic heterocycles. The lowest BCUT2D eigenvalue weighted by Crippen LogP contribution is -2.38. The molecule has 1 fully saturated rings. The van der Waals surface area contributed by atoms with E-state index < -0.39 is 0 Å². The molecule has 7 heteroatoms. The van der Waals surface area contributed by atoms with E-state index in [0.29, 0.717) is 6.54 Å². The van der Waals surface area contributed by atoms with Crippen LogP contribution in [0.4, 0.5) is 5.00 Å². The molecule has 2 aromatic rings. The first-order valence-electron chi connectivity index (χ1n) is 7.94. The molecule has 1 atom stereocenters. The number of nitro groups is 1. The second kappa shape index (κ2) is 7.72. The van der Waals surface area contributed by atoms with Crippen LogP contribution in [-0.4, -0.2) is 29.5 Å². The number of thiophene rings is 1. The van der Waals surface area contributed by atoms with Crippen molar-refractivity contribution in [3.63, 3.8) is 0 Å². The predicted molar refractivity (Wildman–Crippen MR) is 89.6 cm³/mol. The zero-order valence-corrected chi connectivity index (χ0v) is 13.8. The summed E-state index contributed by atoms with van der Waals surface area (Å²) in [5, 5.41) is 16.2. The van der Waals surface area contributed by atoms with E-state index in [1.54, 1.807) is 12.3 Å². The van der Waals surface area contributed by atoms with Gasteiger partial charge >= 0.3 is 5.00 Å². The maximum atomic E-state index is 10.7. The average Bonchev–Trinajstić information content (AvgIpc) is 3.24. The van der Waals surface area contributed by atoms with Crippen molar-refractivity contribution in [1.82, 2.24) is 10.2 Å². The van der Waals surface area contributed by atoms with Crippen LogP contribution in [0.15, 0.2) is 34.3 Å². The van der Waals surface area contributed by atoms with Crippen molar-refractivity contribution in [1.29, 1.82) is 0 Å². The Morgan fingerprint density at radius 2 is 2.22 bits per heavy atom. The zero-order chi connectivity index (χ0) is 16.1. The fourth-order valence-corrected chi connectivity index (χ4v) is 3.75. The molecule has 0 amide bonds. The first kappa shape index (κ1) is 16.2. The van der Waals surface area contributed by atoms with Crippen molar-refractivity contribution >= 4 is 16.3 Å². The Hall–Kier alpha value is -1.70. The largest absolute Gasteiger partial charge is 0.468 e. The molecule has 1 N–H and O–H groups in total. The summed E-state index contributed by atoms with van der Waals surface area (Å²) in [6, 6.07) is 5.81. The van der Waals surface area contributed by atoms with E-state index in [-0.39, 0.29) is 16.0 Å². The number of nitrogens with zero attached hydrogens (tertiary/aromatic N) is 2. The molecule has 1 aliphatic rings. The zero-order valence-electron chi connectivity index (χ0n) is 12.9. The van der Waals surface area contributed by atoms with Gasteiger partial charge in [-0.05, 0) is 43.6 Å². The maximum Gasteiger partial charge on any atom is 0.324 e. The smallest absolute Gasteiger partial charge is 0.324 e. The molecule has 0 radical (unpaired) electrons. The molecule has 0 bridgehead atoms. The van der Waals surface area contributed by atoms with E-state index in [1.165, 1.54) is 30.6 Å². The van der Waals surface area contributed by atoms with Crippen LogP contribution in [0.1, 0.15) is 36.6 Å². The summed E-state index contributed by atoms with van der Waals surface area (Å²) in [5.74, 6) is 0.982. The van der Waals surface area contributed by atoms with Crippen molar-refractivity contribution in [2.75, 3.05) is 19.6 Å². The summed E-state index contributed by atoms with van der Waals surface area (Å²) in [6.45, 7) is 3.60. The summed E-state index contributed by atoms with van der Waals surface area (Å²) in [6.07, 6.45) is 5.48. The Balaban J connectivity index is 1.58. The predicted octanol–water partition coefficient (Wildman–Crippen LogP) is 3.57. The third-order valence-electron chi connectivity index (χ3n) is 4.19. The highest BCUT2D eigenvalue weighted by Gasteiger charge is 2.24. The summed E-state index contributed by atoms with van der Waals surface area (Å²) < 4.78 is 5.62. The molecular formula is C16H21N3O3S. The van der Waals surface area contributed by atoms with Crippen LogP contribution in [0.25, 0.3) is 0 Å². The summed E-state index contributed by atoms with van der Waals surface area (Å²) >= 11 is 1.17. The minimum Gasteiger partial charge on any atom is -0.468 e. The maximum absolute atomic E-state index is 10.7. The third kappa shape index (κ3) is 4.19. The molecule has 0 aromatic carbocycles. The lowest BCUT2D eigenvalue weighted by atomic mass is 10.1. The van der Waals surface area contributed by atoms with Crippen LogP contribution in [0.3, 0.4) is 0 Å². The molecule has 0 spiro atoms. The Morgan fingerprint density at radius 1 is 1.39 bits per heavy atom.